The van der Waals surface area contributed by atoms with Crippen LogP contribution < -0.4 is 4.72 Å². The van der Waals surface area contributed by atoms with Crippen molar-refractivity contribution in [2.45, 2.75) is 18.0 Å². The molecule has 0 saturated carbocycles. The van der Waals surface area contributed by atoms with Crippen LogP contribution in [-0.2, 0) is 10.0 Å². The fourth-order valence-corrected chi connectivity index (χ4v) is 2.67. The Bertz CT molecular complexity index is 625. The average molecular weight is 269 g/mol. The van der Waals surface area contributed by atoms with Crippen molar-refractivity contribution in [1.82, 2.24) is 14.7 Å². The number of rotatable bonds is 4. The number of halogens is 1. The smallest absolute Gasteiger partial charge is 0.258 e. The number of hydrogen-bond donors (Lipinski definition) is 2. The number of aromatic amines is 1. The maximum Gasteiger partial charge on any atom is 0.258 e. The first kappa shape index (κ1) is 12.7. The van der Waals surface area contributed by atoms with Crippen LogP contribution in [0.1, 0.15) is 18.5 Å². The van der Waals surface area contributed by atoms with E-state index in [0.29, 0.717) is 5.56 Å². The minimum absolute atomic E-state index is 0.0225. The summed E-state index contributed by atoms with van der Waals surface area (Å²) in [4.78, 5) is 6.16. The third-order valence-electron chi connectivity index (χ3n) is 2.44. The summed E-state index contributed by atoms with van der Waals surface area (Å²) in [6, 6.07) is 5.25. The molecule has 0 bridgehead atoms. The highest BCUT2D eigenvalue weighted by Gasteiger charge is 2.19. The number of benzene rings is 1. The first-order chi connectivity index (χ1) is 8.49. The van der Waals surface area contributed by atoms with Gasteiger partial charge in [0.15, 0.2) is 5.03 Å². The number of imidazole rings is 1. The van der Waals surface area contributed by atoms with Crippen LogP contribution in [0.3, 0.4) is 0 Å². The molecule has 2 rings (SSSR count). The molecule has 0 spiro atoms. The van der Waals surface area contributed by atoms with E-state index in [1.807, 2.05) is 0 Å². The average Bonchev–Trinajstić information content (AvgIpc) is 2.82. The topological polar surface area (TPSA) is 74.8 Å². The molecule has 0 fully saturated rings. The Balaban J connectivity index is 2.20. The maximum absolute atomic E-state index is 13.0. The van der Waals surface area contributed by atoms with Gasteiger partial charge in [-0.15, -0.1) is 0 Å². The second kappa shape index (κ2) is 4.87. The minimum Gasteiger partial charge on any atom is -0.335 e. The van der Waals surface area contributed by atoms with Gasteiger partial charge in [0, 0.05) is 6.04 Å². The van der Waals surface area contributed by atoms with Crippen LogP contribution in [0.15, 0.2) is 41.8 Å². The molecule has 96 valence electrons. The van der Waals surface area contributed by atoms with Gasteiger partial charge in [-0.3, -0.25) is 0 Å². The third kappa shape index (κ3) is 2.74. The van der Waals surface area contributed by atoms with Gasteiger partial charge in [-0.25, -0.2) is 22.5 Å². The molecule has 2 N–H and O–H groups in total. The zero-order chi connectivity index (χ0) is 13.2. The Labute approximate surface area is 104 Å². The maximum atomic E-state index is 13.0. The van der Waals surface area contributed by atoms with Gasteiger partial charge in [-0.1, -0.05) is 12.1 Å². The zero-order valence-corrected chi connectivity index (χ0v) is 10.4. The molecular formula is C11H12FN3O2S. The first-order valence-corrected chi connectivity index (χ1v) is 6.73. The SMILES string of the molecule is CC(NS(=O)(=O)c1cnc[nH]1)c1cccc(F)c1. The van der Waals surface area contributed by atoms with E-state index in [0.717, 1.165) is 0 Å². The molecule has 1 atom stereocenters. The molecular weight excluding hydrogens is 257 g/mol. The van der Waals surface area contributed by atoms with Gasteiger partial charge in [0.1, 0.15) is 5.82 Å². The molecule has 1 aromatic heterocycles. The highest BCUT2D eigenvalue weighted by Crippen LogP contribution is 2.16. The second-order valence-corrected chi connectivity index (χ2v) is 5.50. The normalized spacial score (nSPS) is 13.4. The van der Waals surface area contributed by atoms with Gasteiger partial charge in [-0.05, 0) is 24.6 Å². The highest BCUT2D eigenvalue weighted by molar-refractivity contribution is 7.89. The zero-order valence-electron chi connectivity index (χ0n) is 9.59. The van der Waals surface area contributed by atoms with Crippen LogP contribution in [0.25, 0.3) is 0 Å². The molecule has 1 aromatic carbocycles. The Morgan fingerprint density at radius 3 is 2.83 bits per heavy atom. The number of nitrogens with one attached hydrogen (secondary N) is 2. The van der Waals surface area contributed by atoms with E-state index in [4.69, 9.17) is 0 Å². The van der Waals surface area contributed by atoms with Crippen molar-refractivity contribution < 1.29 is 12.8 Å². The van der Waals surface area contributed by atoms with Crippen LogP contribution in [0, 0.1) is 5.82 Å². The standard InChI is InChI=1S/C11H12FN3O2S/c1-8(9-3-2-4-10(12)5-9)15-18(16,17)11-6-13-7-14-11/h2-8,15H,1H3,(H,13,14). The number of sulfonamides is 1. The molecule has 7 heteroatoms. The van der Waals surface area contributed by atoms with Crippen LogP contribution in [0.5, 0.6) is 0 Å². The van der Waals surface area contributed by atoms with Gasteiger partial charge < -0.3 is 4.98 Å². The van der Waals surface area contributed by atoms with Gasteiger partial charge in [0.05, 0.1) is 12.5 Å². The fraction of sp³-hybridized carbons (Fsp3) is 0.182. The molecule has 0 radical (unpaired) electrons. The van der Waals surface area contributed by atoms with Crippen molar-refractivity contribution >= 4 is 10.0 Å². The quantitative estimate of drug-likeness (QED) is 0.885. The largest absolute Gasteiger partial charge is 0.335 e. The minimum atomic E-state index is -3.67. The highest BCUT2D eigenvalue weighted by atomic mass is 32.2. The van der Waals surface area contributed by atoms with Crippen molar-refractivity contribution in [1.29, 1.82) is 0 Å². The summed E-state index contributed by atoms with van der Waals surface area (Å²) in [6.07, 6.45) is 2.49. The van der Waals surface area contributed by atoms with E-state index < -0.39 is 21.9 Å². The predicted molar refractivity (Wildman–Crippen MR) is 63.7 cm³/mol. The lowest BCUT2D eigenvalue weighted by molar-refractivity contribution is 0.561. The Morgan fingerprint density at radius 2 is 2.22 bits per heavy atom. The van der Waals surface area contributed by atoms with E-state index >= 15 is 0 Å². The van der Waals surface area contributed by atoms with Gasteiger partial charge in [-0.2, -0.15) is 0 Å². The van der Waals surface area contributed by atoms with Crippen LogP contribution >= 0.6 is 0 Å². The van der Waals surface area contributed by atoms with E-state index in [2.05, 4.69) is 14.7 Å². The summed E-state index contributed by atoms with van der Waals surface area (Å²) in [5.74, 6) is -0.403. The first-order valence-electron chi connectivity index (χ1n) is 5.25. The number of H-pyrrole nitrogens is 1. The summed E-state index contributed by atoms with van der Waals surface area (Å²) in [5.41, 5.74) is 0.554. The lowest BCUT2D eigenvalue weighted by Gasteiger charge is -2.13. The van der Waals surface area contributed by atoms with Crippen LogP contribution in [0.4, 0.5) is 4.39 Å². The molecule has 18 heavy (non-hydrogen) atoms. The number of nitrogens with zero attached hydrogens (tertiary/aromatic N) is 1. The fourth-order valence-electron chi connectivity index (χ4n) is 1.53. The predicted octanol–water partition coefficient (Wildman–Crippen LogP) is 1.59. The molecule has 5 nitrogen and oxygen atoms in total. The Morgan fingerprint density at radius 1 is 1.44 bits per heavy atom. The van der Waals surface area contributed by atoms with Crippen molar-refractivity contribution in [2.24, 2.45) is 0 Å². The molecule has 0 amide bonds. The molecule has 0 saturated heterocycles. The van der Waals surface area contributed by atoms with Gasteiger partial charge in [0.25, 0.3) is 10.0 Å². The molecule has 0 aliphatic heterocycles. The van der Waals surface area contributed by atoms with Crippen molar-refractivity contribution in [3.8, 4) is 0 Å². The summed E-state index contributed by atoms with van der Waals surface area (Å²) in [5, 5.41) is -0.0225. The molecule has 0 aliphatic rings. The lowest BCUT2D eigenvalue weighted by Crippen LogP contribution is -2.27. The van der Waals surface area contributed by atoms with E-state index in [9.17, 15) is 12.8 Å². The van der Waals surface area contributed by atoms with E-state index in [1.165, 1.54) is 30.7 Å². The Hall–Kier alpha value is -1.73. The summed E-state index contributed by atoms with van der Waals surface area (Å²) in [7, 11) is -3.67. The second-order valence-electron chi connectivity index (χ2n) is 3.81. The summed E-state index contributed by atoms with van der Waals surface area (Å²) >= 11 is 0. The van der Waals surface area contributed by atoms with Gasteiger partial charge >= 0.3 is 0 Å². The summed E-state index contributed by atoms with van der Waals surface area (Å²) in [6.45, 7) is 1.64. The molecule has 0 aliphatic carbocycles. The van der Waals surface area contributed by atoms with Crippen molar-refractivity contribution in [3.05, 3.63) is 48.2 Å². The monoisotopic (exact) mass is 269 g/mol. The number of aromatic nitrogens is 2. The number of hydrogen-bond acceptors (Lipinski definition) is 3. The van der Waals surface area contributed by atoms with E-state index in [-0.39, 0.29) is 5.03 Å². The van der Waals surface area contributed by atoms with Gasteiger partial charge in [0.2, 0.25) is 0 Å². The van der Waals surface area contributed by atoms with Crippen LogP contribution in [-0.4, -0.2) is 18.4 Å². The summed E-state index contributed by atoms with van der Waals surface area (Å²) < 4.78 is 39.2. The Kier molecular flexibility index (Phi) is 3.44. The molecule has 2 aromatic rings. The molecule has 1 unspecified atom stereocenters. The van der Waals surface area contributed by atoms with Crippen molar-refractivity contribution in [2.75, 3.05) is 0 Å². The third-order valence-corrected chi connectivity index (χ3v) is 3.91. The van der Waals surface area contributed by atoms with Crippen LogP contribution in [0.2, 0.25) is 0 Å². The lowest BCUT2D eigenvalue weighted by atomic mass is 10.1. The van der Waals surface area contributed by atoms with E-state index in [1.54, 1.807) is 13.0 Å². The van der Waals surface area contributed by atoms with Crippen molar-refractivity contribution in [3.63, 3.8) is 0 Å². The molecule has 1 heterocycles.